The van der Waals surface area contributed by atoms with Crippen LogP contribution in [0, 0.1) is 0 Å². The molecule has 1 aliphatic rings. The fourth-order valence-corrected chi connectivity index (χ4v) is 2.30. The van der Waals surface area contributed by atoms with E-state index in [-0.39, 0.29) is 6.42 Å². The maximum atomic E-state index is 10.5. The van der Waals surface area contributed by atoms with Crippen molar-refractivity contribution in [1.29, 1.82) is 0 Å². The number of carboxylic acids is 1. The molecule has 1 aliphatic heterocycles. The molecule has 0 radical (unpaired) electrons. The second-order valence-corrected chi connectivity index (χ2v) is 5.12. The van der Waals surface area contributed by atoms with E-state index >= 15 is 0 Å². The zero-order valence-electron chi connectivity index (χ0n) is 11.9. The zero-order chi connectivity index (χ0) is 14.4. The fourth-order valence-electron chi connectivity index (χ4n) is 2.30. The summed E-state index contributed by atoms with van der Waals surface area (Å²) in [5, 5.41) is 12.6. The smallest absolute Gasteiger partial charge is 0.304 e. The van der Waals surface area contributed by atoms with Gasteiger partial charge in [0, 0.05) is 39.1 Å². The number of nitrogens with zero attached hydrogens (tertiary/aromatic N) is 4. The van der Waals surface area contributed by atoms with Crippen LogP contribution in [-0.2, 0) is 17.8 Å². The Hall–Kier alpha value is -1.47. The topological polar surface area (TPSA) is 82.7 Å². The summed E-state index contributed by atoms with van der Waals surface area (Å²) in [6.45, 7) is 7.00. The molecule has 0 unspecified atom stereocenters. The third-order valence-corrected chi connectivity index (χ3v) is 3.45. The van der Waals surface area contributed by atoms with Crippen molar-refractivity contribution in [3.8, 4) is 0 Å². The van der Waals surface area contributed by atoms with Gasteiger partial charge in [-0.05, 0) is 6.42 Å². The molecule has 0 aromatic carbocycles. The molecule has 1 saturated heterocycles. The van der Waals surface area contributed by atoms with E-state index in [2.05, 4.69) is 26.9 Å². The van der Waals surface area contributed by atoms with Crippen molar-refractivity contribution < 1.29 is 14.4 Å². The van der Waals surface area contributed by atoms with Crippen LogP contribution >= 0.6 is 0 Å². The van der Waals surface area contributed by atoms with Gasteiger partial charge in [-0.3, -0.25) is 9.69 Å². The van der Waals surface area contributed by atoms with Gasteiger partial charge in [0.05, 0.1) is 13.0 Å². The largest absolute Gasteiger partial charge is 0.481 e. The average Bonchev–Trinajstić information content (AvgIpc) is 2.86. The molecule has 112 valence electrons. The van der Waals surface area contributed by atoms with Gasteiger partial charge >= 0.3 is 5.97 Å². The van der Waals surface area contributed by atoms with Crippen molar-refractivity contribution in [2.75, 3.05) is 32.7 Å². The maximum absolute atomic E-state index is 10.5. The normalized spacial score (nSPS) is 17.4. The van der Waals surface area contributed by atoms with Crippen molar-refractivity contribution in [2.45, 2.75) is 32.7 Å². The summed E-state index contributed by atoms with van der Waals surface area (Å²) >= 11 is 0. The zero-order valence-corrected chi connectivity index (χ0v) is 11.9. The van der Waals surface area contributed by atoms with E-state index in [1.807, 2.05) is 0 Å². The second kappa shape index (κ2) is 7.35. The Morgan fingerprint density at radius 1 is 1.30 bits per heavy atom. The molecule has 0 atom stereocenters. The van der Waals surface area contributed by atoms with Crippen LogP contribution in [0.3, 0.4) is 0 Å². The molecule has 1 fully saturated rings. The number of aromatic nitrogens is 2. The van der Waals surface area contributed by atoms with E-state index in [4.69, 9.17) is 9.63 Å². The highest BCUT2D eigenvalue weighted by atomic mass is 16.5. The molecular formula is C13H22N4O3. The molecule has 0 saturated carbocycles. The van der Waals surface area contributed by atoms with Gasteiger partial charge in [0.25, 0.3) is 0 Å². The third-order valence-electron chi connectivity index (χ3n) is 3.45. The van der Waals surface area contributed by atoms with E-state index in [9.17, 15) is 4.79 Å². The van der Waals surface area contributed by atoms with Gasteiger partial charge in [-0.15, -0.1) is 0 Å². The van der Waals surface area contributed by atoms with Crippen molar-refractivity contribution in [2.24, 2.45) is 0 Å². The van der Waals surface area contributed by atoms with E-state index in [0.29, 0.717) is 19.0 Å². The van der Waals surface area contributed by atoms with Gasteiger partial charge in [0.1, 0.15) is 0 Å². The van der Waals surface area contributed by atoms with Crippen LogP contribution in [0.5, 0.6) is 0 Å². The summed E-state index contributed by atoms with van der Waals surface area (Å²) in [5.74, 6) is 0.719. The van der Waals surface area contributed by atoms with E-state index in [0.717, 1.165) is 44.8 Å². The predicted molar refractivity (Wildman–Crippen MR) is 72.3 cm³/mol. The molecule has 1 N–H and O–H groups in total. The van der Waals surface area contributed by atoms with Crippen molar-refractivity contribution in [3.05, 3.63) is 11.7 Å². The first-order chi connectivity index (χ1) is 9.67. The summed E-state index contributed by atoms with van der Waals surface area (Å²) < 4.78 is 5.23. The van der Waals surface area contributed by atoms with Crippen LogP contribution in [0.15, 0.2) is 4.52 Å². The molecule has 1 aromatic heterocycles. The highest BCUT2D eigenvalue weighted by molar-refractivity contribution is 5.66. The molecular weight excluding hydrogens is 260 g/mol. The molecule has 1 aromatic rings. The monoisotopic (exact) mass is 282 g/mol. The van der Waals surface area contributed by atoms with Crippen LogP contribution < -0.4 is 0 Å². The number of piperazine rings is 1. The molecule has 2 rings (SSSR count). The summed E-state index contributed by atoms with van der Waals surface area (Å²) in [5.41, 5.74) is 0. The molecule has 0 spiro atoms. The van der Waals surface area contributed by atoms with Gasteiger partial charge in [-0.2, -0.15) is 4.98 Å². The number of hydrogen-bond acceptors (Lipinski definition) is 6. The standard InChI is InChI=1S/C13H22N4O3/c1-2-3-11-14-12(20-15-11)10-17-8-6-16(7-9-17)5-4-13(18)19/h2-10H2,1H3,(H,18,19). The lowest BCUT2D eigenvalue weighted by Crippen LogP contribution is -2.46. The summed E-state index contributed by atoms with van der Waals surface area (Å²) in [6.07, 6.45) is 2.08. The lowest BCUT2D eigenvalue weighted by Gasteiger charge is -2.33. The van der Waals surface area contributed by atoms with E-state index in [1.54, 1.807) is 0 Å². The van der Waals surface area contributed by atoms with E-state index < -0.39 is 5.97 Å². The summed E-state index contributed by atoms with van der Waals surface area (Å²) in [7, 11) is 0. The maximum Gasteiger partial charge on any atom is 0.304 e. The van der Waals surface area contributed by atoms with Gasteiger partial charge in [-0.25, -0.2) is 0 Å². The molecule has 7 heteroatoms. The van der Waals surface area contributed by atoms with Crippen LogP contribution in [-0.4, -0.2) is 63.7 Å². The number of carboxylic acid groups (broad SMARTS) is 1. The Bertz CT molecular complexity index is 427. The van der Waals surface area contributed by atoms with Gasteiger partial charge in [0.2, 0.25) is 5.89 Å². The minimum atomic E-state index is -0.734. The van der Waals surface area contributed by atoms with Crippen molar-refractivity contribution in [1.82, 2.24) is 19.9 Å². The fraction of sp³-hybridized carbons (Fsp3) is 0.769. The first-order valence-corrected chi connectivity index (χ1v) is 7.15. The number of hydrogen-bond donors (Lipinski definition) is 1. The van der Waals surface area contributed by atoms with Gasteiger partial charge in [0.15, 0.2) is 5.82 Å². The Morgan fingerprint density at radius 2 is 2.00 bits per heavy atom. The highest BCUT2D eigenvalue weighted by Crippen LogP contribution is 2.08. The lowest BCUT2D eigenvalue weighted by molar-refractivity contribution is -0.137. The quantitative estimate of drug-likeness (QED) is 0.784. The number of aryl methyl sites for hydroxylation is 1. The SMILES string of the molecule is CCCc1noc(CN2CCN(CCC(=O)O)CC2)n1. The minimum absolute atomic E-state index is 0.212. The second-order valence-electron chi connectivity index (χ2n) is 5.12. The number of carbonyl (C=O) groups is 1. The van der Waals surface area contributed by atoms with Crippen LogP contribution in [0.4, 0.5) is 0 Å². The minimum Gasteiger partial charge on any atom is -0.481 e. The Kier molecular flexibility index (Phi) is 5.49. The summed E-state index contributed by atoms with van der Waals surface area (Å²) in [4.78, 5) is 19.3. The molecule has 20 heavy (non-hydrogen) atoms. The summed E-state index contributed by atoms with van der Waals surface area (Å²) in [6, 6.07) is 0. The van der Waals surface area contributed by atoms with Gasteiger partial charge in [-0.1, -0.05) is 12.1 Å². The van der Waals surface area contributed by atoms with Crippen molar-refractivity contribution >= 4 is 5.97 Å². The molecule has 0 amide bonds. The first-order valence-electron chi connectivity index (χ1n) is 7.15. The Labute approximate surface area is 118 Å². The van der Waals surface area contributed by atoms with Gasteiger partial charge < -0.3 is 14.5 Å². The van der Waals surface area contributed by atoms with Crippen molar-refractivity contribution in [3.63, 3.8) is 0 Å². The molecule has 0 aliphatic carbocycles. The molecule has 2 heterocycles. The average molecular weight is 282 g/mol. The Balaban J connectivity index is 1.72. The predicted octanol–water partition coefficient (Wildman–Crippen LogP) is 0.614. The van der Waals surface area contributed by atoms with Crippen LogP contribution in [0.25, 0.3) is 0 Å². The Morgan fingerprint density at radius 3 is 2.65 bits per heavy atom. The lowest BCUT2D eigenvalue weighted by atomic mass is 10.3. The number of rotatable bonds is 7. The molecule has 7 nitrogen and oxygen atoms in total. The van der Waals surface area contributed by atoms with E-state index in [1.165, 1.54) is 0 Å². The highest BCUT2D eigenvalue weighted by Gasteiger charge is 2.19. The number of aliphatic carboxylic acids is 1. The van der Waals surface area contributed by atoms with Crippen LogP contribution in [0.2, 0.25) is 0 Å². The van der Waals surface area contributed by atoms with Crippen LogP contribution in [0.1, 0.15) is 31.5 Å². The first kappa shape index (κ1) is 14.9. The molecule has 0 bridgehead atoms. The third kappa shape index (κ3) is 4.57.